The number of ether oxygens (including phenoxy) is 1. The highest BCUT2D eigenvalue weighted by Crippen LogP contribution is 2.32. The van der Waals surface area contributed by atoms with Gasteiger partial charge < -0.3 is 4.74 Å². The van der Waals surface area contributed by atoms with Gasteiger partial charge in [0.15, 0.2) is 5.78 Å². The van der Waals surface area contributed by atoms with Gasteiger partial charge in [-0.1, -0.05) is 61.1 Å². The van der Waals surface area contributed by atoms with Crippen LogP contribution >= 0.6 is 24.0 Å². The quantitative estimate of drug-likeness (QED) is 0.423. The van der Waals surface area contributed by atoms with Crippen molar-refractivity contribution in [3.63, 3.8) is 0 Å². The fraction of sp³-hybridized carbons (Fsp3) is 0.400. The first-order valence-corrected chi connectivity index (χ1v) is 9.53. The van der Waals surface area contributed by atoms with E-state index in [9.17, 15) is 4.79 Å². The van der Waals surface area contributed by atoms with Crippen molar-refractivity contribution in [3.8, 4) is 17.6 Å². The molecule has 1 aliphatic heterocycles. The fourth-order valence-electron chi connectivity index (χ4n) is 3.03. The normalized spacial score (nSPS) is 20.1. The third-order valence-corrected chi connectivity index (χ3v) is 5.67. The minimum Gasteiger partial charge on any atom is -0.495 e. The first-order valence-electron chi connectivity index (χ1n) is 8.31. The zero-order valence-corrected chi connectivity index (χ0v) is 15.4. The van der Waals surface area contributed by atoms with Crippen LogP contribution in [0.25, 0.3) is 6.08 Å². The van der Waals surface area contributed by atoms with Crippen molar-refractivity contribution < 1.29 is 9.53 Å². The minimum atomic E-state index is 0.107. The lowest BCUT2D eigenvalue weighted by Crippen LogP contribution is -2.03. The van der Waals surface area contributed by atoms with Crippen LogP contribution in [-0.2, 0) is 4.79 Å². The van der Waals surface area contributed by atoms with E-state index in [0.717, 1.165) is 26.0 Å². The molecule has 1 aromatic carbocycles. The van der Waals surface area contributed by atoms with Crippen molar-refractivity contribution in [1.29, 1.82) is 0 Å². The van der Waals surface area contributed by atoms with Crippen molar-refractivity contribution >= 4 is 40.0 Å². The molecule has 2 fully saturated rings. The zero-order valence-electron chi connectivity index (χ0n) is 13.8. The van der Waals surface area contributed by atoms with Gasteiger partial charge in [-0.3, -0.25) is 4.79 Å². The average molecular weight is 357 g/mol. The summed E-state index contributed by atoms with van der Waals surface area (Å²) in [5.74, 6) is 8.08. The summed E-state index contributed by atoms with van der Waals surface area (Å²) in [7, 11) is 1.66. The Morgan fingerprint density at radius 3 is 2.75 bits per heavy atom. The van der Waals surface area contributed by atoms with Gasteiger partial charge in [0, 0.05) is 5.92 Å². The maximum absolute atomic E-state index is 11.9. The van der Waals surface area contributed by atoms with E-state index in [1.165, 1.54) is 43.9 Å². The van der Waals surface area contributed by atoms with E-state index >= 15 is 0 Å². The van der Waals surface area contributed by atoms with Gasteiger partial charge in [-0.05, 0) is 36.6 Å². The molecule has 24 heavy (non-hydrogen) atoms. The summed E-state index contributed by atoms with van der Waals surface area (Å²) in [6, 6.07) is 5.86. The molecule has 1 saturated heterocycles. The molecule has 2 nitrogen and oxygen atoms in total. The SMILES string of the molecule is COc1ccc(/C=C2\SC(=S)CC2=O)cc1C#CC1CCCCC1. The van der Waals surface area contributed by atoms with Crippen LogP contribution in [0, 0.1) is 17.8 Å². The predicted molar refractivity (Wildman–Crippen MR) is 104 cm³/mol. The third kappa shape index (κ3) is 4.28. The van der Waals surface area contributed by atoms with Gasteiger partial charge in [0.05, 0.1) is 28.2 Å². The highest BCUT2D eigenvalue weighted by atomic mass is 32.2. The molecule has 1 aliphatic carbocycles. The second kappa shape index (κ2) is 8.00. The molecule has 1 saturated carbocycles. The number of hydrogen-bond donors (Lipinski definition) is 0. The molecule has 0 amide bonds. The van der Waals surface area contributed by atoms with Crippen molar-refractivity contribution in [1.82, 2.24) is 0 Å². The zero-order chi connectivity index (χ0) is 16.9. The Bertz CT molecular complexity index is 747. The Labute approximate surface area is 153 Å². The van der Waals surface area contributed by atoms with E-state index in [1.807, 2.05) is 24.3 Å². The lowest BCUT2D eigenvalue weighted by atomic mass is 9.89. The Morgan fingerprint density at radius 2 is 2.08 bits per heavy atom. The van der Waals surface area contributed by atoms with Crippen molar-refractivity contribution in [2.24, 2.45) is 5.92 Å². The van der Waals surface area contributed by atoms with Gasteiger partial charge in [0.25, 0.3) is 0 Å². The van der Waals surface area contributed by atoms with E-state index in [-0.39, 0.29) is 5.78 Å². The van der Waals surface area contributed by atoms with Crippen LogP contribution in [0.5, 0.6) is 5.75 Å². The largest absolute Gasteiger partial charge is 0.495 e. The third-order valence-electron chi connectivity index (χ3n) is 4.34. The maximum atomic E-state index is 11.9. The van der Waals surface area contributed by atoms with Crippen LogP contribution in [0.2, 0.25) is 0 Å². The molecule has 4 heteroatoms. The molecular formula is C20H20O2S2. The number of ketones is 1. The summed E-state index contributed by atoms with van der Waals surface area (Å²) in [6.45, 7) is 0. The predicted octanol–water partition coefficient (Wildman–Crippen LogP) is 5.00. The summed E-state index contributed by atoms with van der Waals surface area (Å²) >= 11 is 6.52. The van der Waals surface area contributed by atoms with E-state index in [4.69, 9.17) is 17.0 Å². The van der Waals surface area contributed by atoms with Crippen molar-refractivity contribution in [3.05, 3.63) is 34.2 Å². The number of allylic oxidation sites excluding steroid dienone is 1. The highest BCUT2D eigenvalue weighted by molar-refractivity contribution is 8.27. The molecule has 0 radical (unpaired) electrons. The molecule has 0 N–H and O–H groups in total. The highest BCUT2D eigenvalue weighted by Gasteiger charge is 2.22. The van der Waals surface area contributed by atoms with E-state index in [0.29, 0.717) is 12.3 Å². The summed E-state index contributed by atoms with van der Waals surface area (Å²) in [5, 5.41) is 0. The lowest BCUT2D eigenvalue weighted by molar-refractivity contribution is -0.113. The van der Waals surface area contributed by atoms with Gasteiger partial charge >= 0.3 is 0 Å². The van der Waals surface area contributed by atoms with Crippen LogP contribution in [0.3, 0.4) is 0 Å². The second-order valence-corrected chi connectivity index (χ2v) is 8.03. The number of carbonyl (C=O) groups is 1. The first-order chi connectivity index (χ1) is 11.7. The molecule has 0 atom stereocenters. The molecule has 2 aliphatic rings. The maximum Gasteiger partial charge on any atom is 0.175 e. The smallest absolute Gasteiger partial charge is 0.175 e. The minimum absolute atomic E-state index is 0.107. The first kappa shape index (κ1) is 17.3. The summed E-state index contributed by atoms with van der Waals surface area (Å²) in [4.78, 5) is 12.6. The number of thiocarbonyl (C=S) groups is 1. The van der Waals surface area contributed by atoms with Gasteiger partial charge in [-0.2, -0.15) is 0 Å². The van der Waals surface area contributed by atoms with Crippen LogP contribution in [-0.4, -0.2) is 17.1 Å². The van der Waals surface area contributed by atoms with Gasteiger partial charge in [0.1, 0.15) is 5.75 Å². The number of thioether (sulfide) groups is 1. The number of methoxy groups -OCH3 is 1. The van der Waals surface area contributed by atoms with Crippen LogP contribution < -0.4 is 4.74 Å². The van der Waals surface area contributed by atoms with E-state index in [1.54, 1.807) is 7.11 Å². The van der Waals surface area contributed by atoms with Crippen LogP contribution in [0.4, 0.5) is 0 Å². The Hall–Kier alpha value is -1.57. The average Bonchev–Trinajstić information content (AvgIpc) is 2.91. The molecule has 1 aromatic rings. The van der Waals surface area contributed by atoms with Crippen LogP contribution in [0.15, 0.2) is 23.1 Å². The number of rotatable bonds is 2. The molecule has 0 spiro atoms. The number of Topliss-reactive ketones (excluding diaryl/α,β-unsaturated/α-hetero) is 1. The summed E-state index contributed by atoms with van der Waals surface area (Å²) in [6.07, 6.45) is 8.55. The summed E-state index contributed by atoms with van der Waals surface area (Å²) < 4.78 is 6.18. The molecule has 0 aromatic heterocycles. The lowest BCUT2D eigenvalue weighted by Gasteiger charge is -2.15. The monoisotopic (exact) mass is 356 g/mol. The second-order valence-electron chi connectivity index (χ2n) is 6.15. The Morgan fingerprint density at radius 1 is 1.29 bits per heavy atom. The van der Waals surface area contributed by atoms with Gasteiger partial charge in [-0.25, -0.2) is 0 Å². The van der Waals surface area contributed by atoms with Crippen molar-refractivity contribution in [2.75, 3.05) is 7.11 Å². The number of carbonyl (C=O) groups excluding carboxylic acids is 1. The van der Waals surface area contributed by atoms with Crippen molar-refractivity contribution in [2.45, 2.75) is 38.5 Å². The summed E-state index contributed by atoms with van der Waals surface area (Å²) in [5.41, 5.74) is 1.85. The standard InChI is InChI=1S/C20H20O2S2/c1-22-18-10-8-15(12-19-17(21)13-20(23)24-19)11-16(18)9-7-14-5-3-2-4-6-14/h8,10-12,14H,2-6,13H2,1H3/b19-12-. The van der Waals surface area contributed by atoms with Gasteiger partial charge in [-0.15, -0.1) is 0 Å². The molecule has 124 valence electrons. The number of benzene rings is 1. The van der Waals surface area contributed by atoms with E-state index < -0.39 is 0 Å². The van der Waals surface area contributed by atoms with Gasteiger partial charge in [0.2, 0.25) is 0 Å². The Balaban J connectivity index is 1.85. The molecule has 0 bridgehead atoms. The topological polar surface area (TPSA) is 26.3 Å². The molecule has 3 rings (SSSR count). The van der Waals surface area contributed by atoms with E-state index in [2.05, 4.69) is 11.8 Å². The molecule has 1 heterocycles. The fourth-order valence-corrected chi connectivity index (χ4v) is 4.26. The number of hydrogen-bond acceptors (Lipinski definition) is 4. The molecular weight excluding hydrogens is 336 g/mol. The Kier molecular flexibility index (Phi) is 5.76. The molecule has 0 unspecified atom stereocenters. The van der Waals surface area contributed by atoms with Crippen LogP contribution in [0.1, 0.15) is 49.7 Å².